The number of nitro benzene ring substituents is 1. The van der Waals surface area contributed by atoms with Crippen molar-refractivity contribution in [3.8, 4) is 0 Å². The van der Waals surface area contributed by atoms with Crippen LogP contribution in [0.1, 0.15) is 15.9 Å². The summed E-state index contributed by atoms with van der Waals surface area (Å²) >= 11 is 0. The Morgan fingerprint density at radius 3 is 2.76 bits per heavy atom. The first-order valence-electron chi connectivity index (χ1n) is 7.55. The van der Waals surface area contributed by atoms with E-state index in [4.69, 9.17) is 4.74 Å². The monoisotopic (exact) mass is 347 g/mol. The summed E-state index contributed by atoms with van der Waals surface area (Å²) < 4.78 is 18.1. The molecule has 2 rings (SSSR count). The highest BCUT2D eigenvalue weighted by molar-refractivity contribution is 5.98. The molecule has 0 bridgehead atoms. The first kappa shape index (κ1) is 18.3. The number of hydrogen-bond acceptors (Lipinski definition) is 5. The molecule has 0 aliphatic heterocycles. The summed E-state index contributed by atoms with van der Waals surface area (Å²) in [4.78, 5) is 22.5. The zero-order chi connectivity index (χ0) is 18.2. The van der Waals surface area contributed by atoms with Crippen molar-refractivity contribution in [2.24, 2.45) is 0 Å². The summed E-state index contributed by atoms with van der Waals surface area (Å²) in [5, 5.41) is 16.8. The number of nitrogens with one attached hydrogen (secondary N) is 2. The van der Waals surface area contributed by atoms with Crippen LogP contribution in [-0.4, -0.2) is 31.1 Å². The quantitative estimate of drug-likeness (QED) is 0.435. The van der Waals surface area contributed by atoms with E-state index in [0.29, 0.717) is 13.2 Å². The summed E-state index contributed by atoms with van der Waals surface area (Å²) in [6.45, 7) is 1.30. The van der Waals surface area contributed by atoms with Crippen molar-refractivity contribution in [3.05, 3.63) is 69.5 Å². The van der Waals surface area contributed by atoms with E-state index in [1.807, 2.05) is 24.3 Å². The Kier molecular flexibility index (Phi) is 6.41. The van der Waals surface area contributed by atoms with Crippen molar-refractivity contribution in [1.82, 2.24) is 5.32 Å². The molecule has 2 aromatic carbocycles. The van der Waals surface area contributed by atoms with Crippen LogP contribution in [0.5, 0.6) is 0 Å². The maximum Gasteiger partial charge on any atom is 0.285 e. The average Bonchev–Trinajstić information content (AvgIpc) is 2.60. The molecule has 0 spiro atoms. The van der Waals surface area contributed by atoms with E-state index in [9.17, 15) is 19.3 Å². The Balaban J connectivity index is 2.09. The van der Waals surface area contributed by atoms with E-state index in [-0.39, 0.29) is 12.1 Å². The third-order valence-corrected chi connectivity index (χ3v) is 3.48. The number of nitro groups is 1. The van der Waals surface area contributed by atoms with Crippen LogP contribution in [0.4, 0.5) is 15.8 Å². The lowest BCUT2D eigenvalue weighted by molar-refractivity contribution is -0.385. The van der Waals surface area contributed by atoms with Crippen LogP contribution in [0, 0.1) is 15.9 Å². The van der Waals surface area contributed by atoms with Gasteiger partial charge in [0.2, 0.25) is 0 Å². The van der Waals surface area contributed by atoms with Gasteiger partial charge in [0.1, 0.15) is 11.4 Å². The third kappa shape index (κ3) is 4.98. The minimum absolute atomic E-state index is 0.170. The lowest BCUT2D eigenvalue weighted by Crippen LogP contribution is -2.24. The summed E-state index contributed by atoms with van der Waals surface area (Å²) in [6, 6.07) is 10.2. The van der Waals surface area contributed by atoms with Gasteiger partial charge in [-0.2, -0.15) is 0 Å². The van der Waals surface area contributed by atoms with Crippen molar-refractivity contribution in [1.29, 1.82) is 0 Å². The molecule has 0 aromatic heterocycles. The minimum Gasteiger partial charge on any atom is -0.383 e. The van der Waals surface area contributed by atoms with Crippen molar-refractivity contribution in [3.63, 3.8) is 0 Å². The highest BCUT2D eigenvalue weighted by Gasteiger charge is 2.20. The number of rotatable bonds is 8. The van der Waals surface area contributed by atoms with Gasteiger partial charge in [-0.25, -0.2) is 4.39 Å². The second-order valence-corrected chi connectivity index (χ2v) is 5.18. The lowest BCUT2D eigenvalue weighted by Gasteiger charge is -2.12. The van der Waals surface area contributed by atoms with Crippen LogP contribution in [-0.2, 0) is 11.3 Å². The Labute approximate surface area is 144 Å². The second kappa shape index (κ2) is 8.74. The molecular formula is C17H18FN3O4. The second-order valence-electron chi connectivity index (χ2n) is 5.18. The van der Waals surface area contributed by atoms with Crippen molar-refractivity contribution in [2.45, 2.75) is 6.54 Å². The number of benzene rings is 2. The predicted molar refractivity (Wildman–Crippen MR) is 91.0 cm³/mol. The van der Waals surface area contributed by atoms with Crippen LogP contribution in [0.2, 0.25) is 0 Å². The summed E-state index contributed by atoms with van der Waals surface area (Å²) in [6.07, 6.45) is 0. The zero-order valence-electron chi connectivity index (χ0n) is 13.6. The molecule has 1 amide bonds. The number of carbonyl (C=O) groups excluding carboxylic acids is 1. The number of anilines is 1. The number of halogens is 1. The largest absolute Gasteiger partial charge is 0.383 e. The number of hydrogen-bond donors (Lipinski definition) is 2. The fraction of sp³-hybridized carbons (Fsp3) is 0.235. The smallest absolute Gasteiger partial charge is 0.285 e. The molecule has 0 fully saturated rings. The molecular weight excluding hydrogens is 329 g/mol. The van der Waals surface area contributed by atoms with E-state index in [1.165, 1.54) is 0 Å². The molecule has 0 aliphatic carbocycles. The molecule has 2 N–H and O–H groups in total. The van der Waals surface area contributed by atoms with E-state index in [1.54, 1.807) is 7.11 Å². The standard InChI is InChI=1S/C17H18FN3O4/c1-25-9-8-19-15-5-3-2-4-12(15)11-20-17(22)14-7-6-13(18)10-16(14)21(23)24/h2-7,10,19H,8-9,11H2,1H3,(H,20,22). The van der Waals surface area contributed by atoms with Gasteiger partial charge in [-0.15, -0.1) is 0 Å². The maximum atomic E-state index is 13.2. The van der Waals surface area contributed by atoms with E-state index >= 15 is 0 Å². The zero-order valence-corrected chi connectivity index (χ0v) is 13.6. The minimum atomic E-state index is -0.780. The molecule has 0 saturated heterocycles. The average molecular weight is 347 g/mol. The van der Waals surface area contributed by atoms with E-state index in [0.717, 1.165) is 29.4 Å². The number of amides is 1. The fourth-order valence-electron chi connectivity index (χ4n) is 2.25. The van der Waals surface area contributed by atoms with E-state index < -0.39 is 22.3 Å². The number of nitrogens with zero attached hydrogens (tertiary/aromatic N) is 1. The van der Waals surface area contributed by atoms with Gasteiger partial charge in [-0.1, -0.05) is 18.2 Å². The maximum absolute atomic E-state index is 13.2. The molecule has 2 aromatic rings. The molecule has 0 atom stereocenters. The normalized spacial score (nSPS) is 10.3. The molecule has 0 aliphatic rings. The summed E-state index contributed by atoms with van der Waals surface area (Å²) in [5.74, 6) is -1.41. The highest BCUT2D eigenvalue weighted by atomic mass is 19.1. The lowest BCUT2D eigenvalue weighted by atomic mass is 10.1. The first-order chi connectivity index (χ1) is 12.0. The van der Waals surface area contributed by atoms with Gasteiger partial charge >= 0.3 is 0 Å². The van der Waals surface area contributed by atoms with Crippen LogP contribution >= 0.6 is 0 Å². The number of para-hydroxylation sites is 1. The Bertz CT molecular complexity index is 767. The van der Waals surface area contributed by atoms with Gasteiger partial charge in [0.25, 0.3) is 11.6 Å². The SMILES string of the molecule is COCCNc1ccccc1CNC(=O)c1ccc(F)cc1[N+](=O)[O-]. The molecule has 132 valence electrons. The van der Waals surface area contributed by atoms with Gasteiger partial charge in [0.05, 0.1) is 17.6 Å². The molecule has 8 heteroatoms. The van der Waals surface area contributed by atoms with Gasteiger partial charge in [-0.3, -0.25) is 14.9 Å². The topological polar surface area (TPSA) is 93.5 Å². The van der Waals surface area contributed by atoms with Crippen LogP contribution in [0.25, 0.3) is 0 Å². The fourth-order valence-corrected chi connectivity index (χ4v) is 2.25. The van der Waals surface area contributed by atoms with E-state index in [2.05, 4.69) is 10.6 Å². The first-order valence-corrected chi connectivity index (χ1v) is 7.55. The van der Waals surface area contributed by atoms with Crippen molar-refractivity contribution < 1.29 is 18.8 Å². The van der Waals surface area contributed by atoms with Gasteiger partial charge in [0.15, 0.2) is 0 Å². The number of ether oxygens (including phenoxy) is 1. The van der Waals surface area contributed by atoms with Crippen molar-refractivity contribution in [2.75, 3.05) is 25.6 Å². The molecule has 0 radical (unpaired) electrons. The molecule has 0 unspecified atom stereocenters. The molecule has 0 heterocycles. The highest BCUT2D eigenvalue weighted by Crippen LogP contribution is 2.20. The Morgan fingerprint density at radius 1 is 1.28 bits per heavy atom. The molecule has 25 heavy (non-hydrogen) atoms. The van der Waals surface area contributed by atoms with Gasteiger partial charge < -0.3 is 15.4 Å². The van der Waals surface area contributed by atoms with Gasteiger partial charge in [-0.05, 0) is 23.8 Å². The molecule has 0 saturated carbocycles. The van der Waals surface area contributed by atoms with Crippen LogP contribution in [0.3, 0.4) is 0 Å². The number of methoxy groups -OCH3 is 1. The Morgan fingerprint density at radius 2 is 2.04 bits per heavy atom. The van der Waals surface area contributed by atoms with Crippen LogP contribution in [0.15, 0.2) is 42.5 Å². The summed E-state index contributed by atoms with van der Waals surface area (Å²) in [5.41, 5.74) is 0.894. The van der Waals surface area contributed by atoms with Gasteiger partial charge in [0, 0.05) is 25.9 Å². The Hall–Kier alpha value is -3.00. The summed E-state index contributed by atoms with van der Waals surface area (Å²) in [7, 11) is 1.60. The third-order valence-electron chi connectivity index (χ3n) is 3.48. The number of carbonyl (C=O) groups is 1. The predicted octanol–water partition coefficient (Wildman–Crippen LogP) is 2.72. The van der Waals surface area contributed by atoms with Crippen LogP contribution < -0.4 is 10.6 Å². The van der Waals surface area contributed by atoms with Crippen molar-refractivity contribution >= 4 is 17.3 Å². The molecule has 7 nitrogen and oxygen atoms in total.